The van der Waals surface area contributed by atoms with Crippen molar-refractivity contribution in [3.63, 3.8) is 0 Å². The highest BCUT2D eigenvalue weighted by Gasteiger charge is 2.30. The zero-order valence-corrected chi connectivity index (χ0v) is 11.9. The van der Waals surface area contributed by atoms with Crippen LogP contribution >= 0.6 is 0 Å². The number of aromatic amines is 1. The van der Waals surface area contributed by atoms with E-state index < -0.39 is 11.7 Å². The first-order valence-corrected chi connectivity index (χ1v) is 6.52. The van der Waals surface area contributed by atoms with E-state index >= 15 is 0 Å². The van der Waals surface area contributed by atoms with Crippen molar-refractivity contribution < 1.29 is 13.2 Å². The van der Waals surface area contributed by atoms with Crippen LogP contribution in [0, 0.1) is 13.8 Å². The molecule has 2 aromatic rings. The number of H-pyrrole nitrogens is 1. The van der Waals surface area contributed by atoms with E-state index in [1.165, 1.54) is 6.07 Å². The third-order valence-electron chi connectivity index (χ3n) is 3.34. The molecule has 1 aromatic carbocycles. The Hall–Kier alpha value is -2.11. The van der Waals surface area contributed by atoms with Crippen LogP contribution in [-0.4, -0.2) is 9.97 Å². The number of halogens is 3. The van der Waals surface area contributed by atoms with Crippen LogP contribution in [0.1, 0.15) is 29.4 Å². The smallest absolute Gasteiger partial charge is 0.310 e. The molecule has 1 heterocycles. The average Bonchev–Trinajstić information content (AvgIpc) is 2.41. The number of aromatic nitrogens is 2. The summed E-state index contributed by atoms with van der Waals surface area (Å²) < 4.78 is 38.1. The molecule has 3 nitrogen and oxygen atoms in total. The molecule has 0 amide bonds. The second-order valence-electron chi connectivity index (χ2n) is 4.87. The molecule has 1 N–H and O–H groups in total. The van der Waals surface area contributed by atoms with Crippen molar-refractivity contribution in [3.05, 3.63) is 51.1 Å². The maximum Gasteiger partial charge on any atom is 0.416 e. The predicted octanol–water partition coefficient (Wildman–Crippen LogP) is 3.63. The highest BCUT2D eigenvalue weighted by Crippen LogP contribution is 2.33. The van der Waals surface area contributed by atoms with Gasteiger partial charge in [0.2, 0.25) is 0 Å². The van der Waals surface area contributed by atoms with E-state index in [9.17, 15) is 18.0 Å². The van der Waals surface area contributed by atoms with Crippen molar-refractivity contribution in [1.29, 1.82) is 0 Å². The van der Waals surface area contributed by atoms with Crippen LogP contribution in [0.25, 0.3) is 11.3 Å². The van der Waals surface area contributed by atoms with Gasteiger partial charge in [0.1, 0.15) is 5.82 Å². The van der Waals surface area contributed by atoms with Crippen molar-refractivity contribution in [2.75, 3.05) is 0 Å². The van der Waals surface area contributed by atoms with Gasteiger partial charge >= 0.3 is 6.18 Å². The van der Waals surface area contributed by atoms with E-state index in [-0.39, 0.29) is 5.56 Å². The quantitative estimate of drug-likeness (QED) is 0.919. The van der Waals surface area contributed by atoms with E-state index in [2.05, 4.69) is 9.97 Å². The number of nitrogens with zero attached hydrogens (tertiary/aromatic N) is 1. The summed E-state index contributed by atoms with van der Waals surface area (Å²) in [5.74, 6) is 0.514. The van der Waals surface area contributed by atoms with E-state index in [1.54, 1.807) is 13.8 Å². The molecule has 0 saturated heterocycles. The van der Waals surface area contributed by atoms with Crippen LogP contribution in [0.15, 0.2) is 23.0 Å². The molecule has 2 rings (SSSR count). The first kappa shape index (κ1) is 15.3. The zero-order valence-electron chi connectivity index (χ0n) is 11.9. The predicted molar refractivity (Wildman–Crippen MR) is 74.1 cm³/mol. The van der Waals surface area contributed by atoms with Crippen molar-refractivity contribution in [2.24, 2.45) is 0 Å². The van der Waals surface area contributed by atoms with Crippen molar-refractivity contribution >= 4 is 0 Å². The third kappa shape index (κ3) is 2.99. The van der Waals surface area contributed by atoms with E-state index in [1.807, 2.05) is 6.92 Å². The minimum atomic E-state index is -4.38. The van der Waals surface area contributed by atoms with Crippen LogP contribution in [0.5, 0.6) is 0 Å². The molecule has 0 aliphatic rings. The van der Waals surface area contributed by atoms with Crippen molar-refractivity contribution in [3.8, 4) is 11.3 Å². The summed E-state index contributed by atoms with van der Waals surface area (Å²) in [6.45, 7) is 5.03. The molecule has 0 saturated carbocycles. The maximum absolute atomic E-state index is 12.7. The largest absolute Gasteiger partial charge is 0.416 e. The standard InChI is InChI=1S/C15H15F3N2O/c1-4-12-19-13(9(3)14(21)20-12)11-6-5-10(7-8(11)2)15(16,17)18/h5-7H,4H2,1-3H3,(H,19,20,21). The Morgan fingerprint density at radius 2 is 1.90 bits per heavy atom. The van der Waals surface area contributed by atoms with E-state index in [4.69, 9.17) is 0 Å². The molecule has 0 aliphatic carbocycles. The van der Waals surface area contributed by atoms with Gasteiger partial charge in [-0.15, -0.1) is 0 Å². The highest BCUT2D eigenvalue weighted by atomic mass is 19.4. The molecule has 1 aromatic heterocycles. The Labute approximate surface area is 119 Å². The lowest BCUT2D eigenvalue weighted by molar-refractivity contribution is -0.137. The summed E-state index contributed by atoms with van der Waals surface area (Å²) in [5, 5.41) is 0. The van der Waals surface area contributed by atoms with Gasteiger partial charge in [0.25, 0.3) is 5.56 Å². The Bertz CT molecular complexity index is 733. The summed E-state index contributed by atoms with van der Waals surface area (Å²) in [6, 6.07) is 3.45. The molecule has 0 radical (unpaired) electrons. The molecule has 21 heavy (non-hydrogen) atoms. The minimum absolute atomic E-state index is 0.267. The first-order chi connectivity index (χ1) is 9.74. The Balaban J connectivity index is 2.63. The highest BCUT2D eigenvalue weighted by molar-refractivity contribution is 5.66. The Kier molecular flexibility index (Phi) is 3.89. The molecule has 0 fully saturated rings. The number of benzene rings is 1. The van der Waals surface area contributed by atoms with Gasteiger partial charge in [0, 0.05) is 17.5 Å². The summed E-state index contributed by atoms with van der Waals surface area (Å²) >= 11 is 0. The molecule has 6 heteroatoms. The number of rotatable bonds is 2. The van der Waals surface area contributed by atoms with Gasteiger partial charge in [0.15, 0.2) is 0 Å². The summed E-state index contributed by atoms with van der Waals surface area (Å²) in [6.07, 6.45) is -3.84. The molecule has 0 unspecified atom stereocenters. The lowest BCUT2D eigenvalue weighted by Gasteiger charge is -2.12. The average molecular weight is 296 g/mol. The normalized spacial score (nSPS) is 11.7. The number of hydrogen-bond donors (Lipinski definition) is 1. The van der Waals surface area contributed by atoms with E-state index in [0.29, 0.717) is 34.6 Å². The molecule has 0 bridgehead atoms. The molecule has 0 atom stereocenters. The lowest BCUT2D eigenvalue weighted by Crippen LogP contribution is -2.16. The van der Waals surface area contributed by atoms with Crippen LogP contribution in [0.2, 0.25) is 0 Å². The van der Waals surface area contributed by atoms with Gasteiger partial charge in [-0.05, 0) is 31.5 Å². The monoisotopic (exact) mass is 296 g/mol. The van der Waals surface area contributed by atoms with Crippen LogP contribution in [-0.2, 0) is 12.6 Å². The molecule has 0 aliphatic heterocycles. The Morgan fingerprint density at radius 1 is 1.24 bits per heavy atom. The van der Waals surface area contributed by atoms with Gasteiger partial charge in [-0.2, -0.15) is 13.2 Å². The van der Waals surface area contributed by atoms with Crippen LogP contribution in [0.4, 0.5) is 13.2 Å². The number of hydrogen-bond acceptors (Lipinski definition) is 2. The second kappa shape index (κ2) is 5.35. The zero-order chi connectivity index (χ0) is 15.8. The van der Waals surface area contributed by atoms with Gasteiger partial charge in [-0.1, -0.05) is 13.0 Å². The molecule has 0 spiro atoms. The van der Waals surface area contributed by atoms with Gasteiger partial charge in [-0.25, -0.2) is 4.98 Å². The molecular formula is C15H15F3N2O. The van der Waals surface area contributed by atoms with Crippen molar-refractivity contribution in [1.82, 2.24) is 9.97 Å². The second-order valence-corrected chi connectivity index (χ2v) is 4.87. The summed E-state index contributed by atoms with van der Waals surface area (Å²) in [5.41, 5.74) is 0.837. The minimum Gasteiger partial charge on any atom is -0.310 e. The first-order valence-electron chi connectivity index (χ1n) is 6.52. The SMILES string of the molecule is CCc1nc(-c2ccc(C(F)(F)F)cc2C)c(C)c(=O)[nH]1. The fourth-order valence-electron chi connectivity index (χ4n) is 2.11. The van der Waals surface area contributed by atoms with Crippen molar-refractivity contribution in [2.45, 2.75) is 33.4 Å². The van der Waals surface area contributed by atoms with E-state index in [0.717, 1.165) is 12.1 Å². The topological polar surface area (TPSA) is 45.8 Å². The number of nitrogens with one attached hydrogen (secondary N) is 1. The Morgan fingerprint density at radius 3 is 2.43 bits per heavy atom. The number of aryl methyl sites for hydroxylation is 2. The maximum atomic E-state index is 12.7. The van der Waals surface area contributed by atoms with Crippen LogP contribution in [0.3, 0.4) is 0 Å². The van der Waals surface area contributed by atoms with Gasteiger partial charge in [0.05, 0.1) is 11.3 Å². The fraction of sp³-hybridized carbons (Fsp3) is 0.333. The lowest BCUT2D eigenvalue weighted by atomic mass is 9.99. The fourth-order valence-corrected chi connectivity index (χ4v) is 2.11. The molecular weight excluding hydrogens is 281 g/mol. The third-order valence-corrected chi connectivity index (χ3v) is 3.34. The van der Waals surface area contributed by atoms with Gasteiger partial charge in [-0.3, -0.25) is 4.79 Å². The summed E-state index contributed by atoms with van der Waals surface area (Å²) in [7, 11) is 0. The van der Waals surface area contributed by atoms with Crippen LogP contribution < -0.4 is 5.56 Å². The number of alkyl halides is 3. The molecule has 112 valence electrons. The summed E-state index contributed by atoms with van der Waals surface area (Å²) in [4.78, 5) is 18.8. The van der Waals surface area contributed by atoms with Gasteiger partial charge < -0.3 is 4.98 Å².